The molecule has 1 saturated carbocycles. The number of aldehydes is 1. The van der Waals surface area contributed by atoms with Crippen LogP contribution in [0.3, 0.4) is 0 Å². The average molecular weight is 112 g/mol. The second-order valence-corrected chi connectivity index (χ2v) is 3.06. The Balaban J connectivity index is 2.54. The van der Waals surface area contributed by atoms with Crippen LogP contribution in [0.2, 0.25) is 0 Å². The molecule has 0 amide bonds. The number of carbonyl (C=O) groups excluding carboxylic acids is 1. The Morgan fingerprint density at radius 3 is 2.38 bits per heavy atom. The summed E-state index contributed by atoms with van der Waals surface area (Å²) in [5.74, 6) is 0.625. The lowest BCUT2D eigenvalue weighted by molar-refractivity contribution is -0.123. The molecule has 1 nitrogen and oxygen atoms in total. The van der Waals surface area contributed by atoms with Gasteiger partial charge in [0.2, 0.25) is 0 Å². The predicted molar refractivity (Wildman–Crippen MR) is 32.6 cm³/mol. The maximum absolute atomic E-state index is 10.3. The molecule has 1 heteroatoms. The molecule has 8 heavy (non-hydrogen) atoms. The Kier molecular flexibility index (Phi) is 1.14. The molecule has 1 aliphatic carbocycles. The van der Waals surface area contributed by atoms with Crippen molar-refractivity contribution in [2.75, 3.05) is 0 Å². The summed E-state index contributed by atoms with van der Waals surface area (Å²) in [6.45, 7) is 4.17. The Bertz CT molecular complexity index is 109. The number of rotatable bonds is 1. The molecule has 0 spiro atoms. The summed E-state index contributed by atoms with van der Waals surface area (Å²) in [7, 11) is 0. The van der Waals surface area contributed by atoms with E-state index in [1.807, 2.05) is 6.92 Å². The van der Waals surface area contributed by atoms with Gasteiger partial charge in [-0.1, -0.05) is 13.8 Å². The van der Waals surface area contributed by atoms with Gasteiger partial charge in [-0.25, -0.2) is 0 Å². The van der Waals surface area contributed by atoms with Crippen molar-refractivity contribution in [2.45, 2.75) is 26.7 Å². The van der Waals surface area contributed by atoms with Gasteiger partial charge >= 0.3 is 0 Å². The fourth-order valence-corrected chi connectivity index (χ4v) is 1.06. The lowest BCUT2D eigenvalue weighted by atomic mass is 9.63. The fourth-order valence-electron chi connectivity index (χ4n) is 1.06. The summed E-state index contributed by atoms with van der Waals surface area (Å²) in [5, 5.41) is 0. The minimum atomic E-state index is 0.0417. The van der Waals surface area contributed by atoms with Gasteiger partial charge in [0.25, 0.3) is 0 Å². The van der Waals surface area contributed by atoms with Crippen LogP contribution in [0, 0.1) is 11.3 Å². The Morgan fingerprint density at radius 2 is 2.38 bits per heavy atom. The quantitative estimate of drug-likeness (QED) is 0.471. The van der Waals surface area contributed by atoms with Crippen LogP contribution in [0.4, 0.5) is 0 Å². The van der Waals surface area contributed by atoms with Gasteiger partial charge in [-0.3, -0.25) is 0 Å². The molecule has 0 bridgehead atoms. The van der Waals surface area contributed by atoms with E-state index in [-0.39, 0.29) is 5.41 Å². The van der Waals surface area contributed by atoms with Gasteiger partial charge in [0, 0.05) is 5.41 Å². The topological polar surface area (TPSA) is 17.1 Å². The highest BCUT2D eigenvalue weighted by Gasteiger charge is 2.38. The van der Waals surface area contributed by atoms with Crippen molar-refractivity contribution in [3.05, 3.63) is 0 Å². The first-order valence-corrected chi connectivity index (χ1v) is 3.15. The molecule has 1 rings (SSSR count). The van der Waals surface area contributed by atoms with Crippen molar-refractivity contribution in [3.63, 3.8) is 0 Å². The molecule has 2 atom stereocenters. The first-order valence-electron chi connectivity index (χ1n) is 3.15. The normalized spacial score (nSPS) is 45.5. The smallest absolute Gasteiger partial charge is 0.126 e. The second-order valence-electron chi connectivity index (χ2n) is 3.06. The van der Waals surface area contributed by atoms with Crippen LogP contribution in [0.25, 0.3) is 0 Å². The number of hydrogen-bond acceptors (Lipinski definition) is 1. The number of hydrogen-bond donors (Lipinski definition) is 0. The molecule has 46 valence electrons. The predicted octanol–water partition coefficient (Wildman–Crippen LogP) is 1.62. The molecule has 0 N–H and O–H groups in total. The van der Waals surface area contributed by atoms with Crippen molar-refractivity contribution in [1.82, 2.24) is 0 Å². The third kappa shape index (κ3) is 0.575. The molecular formula is C7H12O. The SMILES string of the molecule is CC1CCC1(C)C=O. The molecule has 0 aliphatic heterocycles. The second kappa shape index (κ2) is 1.57. The fraction of sp³-hybridized carbons (Fsp3) is 0.857. The highest BCUT2D eigenvalue weighted by molar-refractivity contribution is 5.60. The van der Waals surface area contributed by atoms with Gasteiger partial charge in [0.1, 0.15) is 6.29 Å². The lowest BCUT2D eigenvalue weighted by Crippen LogP contribution is -2.36. The number of carbonyl (C=O) groups is 1. The summed E-state index contributed by atoms with van der Waals surface area (Å²) >= 11 is 0. The van der Waals surface area contributed by atoms with Crippen LogP contribution < -0.4 is 0 Å². The third-order valence-corrected chi connectivity index (χ3v) is 2.51. The van der Waals surface area contributed by atoms with Crippen LogP contribution in [-0.4, -0.2) is 6.29 Å². The monoisotopic (exact) mass is 112 g/mol. The minimum absolute atomic E-state index is 0.0417. The summed E-state index contributed by atoms with van der Waals surface area (Å²) in [6.07, 6.45) is 3.42. The molecule has 0 aromatic heterocycles. The summed E-state index contributed by atoms with van der Waals surface area (Å²) in [6, 6.07) is 0. The maximum atomic E-state index is 10.3. The van der Waals surface area contributed by atoms with Crippen LogP contribution in [-0.2, 0) is 4.79 Å². The molecule has 0 radical (unpaired) electrons. The highest BCUT2D eigenvalue weighted by atomic mass is 16.1. The largest absolute Gasteiger partial charge is 0.303 e. The summed E-state index contributed by atoms with van der Waals surface area (Å²) in [5.41, 5.74) is 0.0417. The van der Waals surface area contributed by atoms with Gasteiger partial charge in [-0.15, -0.1) is 0 Å². The average Bonchev–Trinajstić information content (AvgIpc) is 1.83. The van der Waals surface area contributed by atoms with Crippen LogP contribution in [0.15, 0.2) is 0 Å². The molecule has 0 aromatic rings. The Labute approximate surface area is 50.1 Å². The molecule has 0 saturated heterocycles. The van der Waals surface area contributed by atoms with Gasteiger partial charge in [-0.2, -0.15) is 0 Å². The van der Waals surface area contributed by atoms with Crippen molar-refractivity contribution in [3.8, 4) is 0 Å². The van der Waals surface area contributed by atoms with E-state index in [1.165, 1.54) is 6.42 Å². The highest BCUT2D eigenvalue weighted by Crippen LogP contribution is 2.43. The maximum Gasteiger partial charge on any atom is 0.126 e. The van der Waals surface area contributed by atoms with E-state index < -0.39 is 0 Å². The zero-order valence-corrected chi connectivity index (χ0v) is 5.48. The van der Waals surface area contributed by atoms with Crippen molar-refractivity contribution in [2.24, 2.45) is 11.3 Å². The molecule has 0 heterocycles. The van der Waals surface area contributed by atoms with E-state index >= 15 is 0 Å². The lowest BCUT2D eigenvalue weighted by Gasteiger charge is -2.40. The summed E-state index contributed by atoms with van der Waals surface area (Å²) < 4.78 is 0. The van der Waals surface area contributed by atoms with Crippen molar-refractivity contribution >= 4 is 6.29 Å². The van der Waals surface area contributed by atoms with E-state index in [1.54, 1.807) is 0 Å². The van der Waals surface area contributed by atoms with E-state index in [0.717, 1.165) is 12.7 Å². The zero-order valence-electron chi connectivity index (χ0n) is 5.48. The Hall–Kier alpha value is -0.330. The standard InChI is InChI=1S/C7H12O/c1-6-3-4-7(6,2)5-8/h5-6H,3-4H2,1-2H3. The minimum Gasteiger partial charge on any atom is -0.303 e. The zero-order chi connectivity index (χ0) is 6.20. The van der Waals surface area contributed by atoms with Gasteiger partial charge in [0.05, 0.1) is 0 Å². The van der Waals surface area contributed by atoms with E-state index in [4.69, 9.17) is 0 Å². The molecule has 1 fully saturated rings. The molecule has 0 aromatic carbocycles. The van der Waals surface area contributed by atoms with Crippen molar-refractivity contribution < 1.29 is 4.79 Å². The van der Waals surface area contributed by atoms with E-state index in [9.17, 15) is 4.79 Å². The van der Waals surface area contributed by atoms with Crippen LogP contribution in [0.1, 0.15) is 26.7 Å². The van der Waals surface area contributed by atoms with Crippen LogP contribution >= 0.6 is 0 Å². The van der Waals surface area contributed by atoms with Crippen molar-refractivity contribution in [1.29, 1.82) is 0 Å². The molecule has 2 unspecified atom stereocenters. The molecular weight excluding hydrogens is 100 g/mol. The van der Waals surface area contributed by atoms with Crippen LogP contribution in [0.5, 0.6) is 0 Å². The van der Waals surface area contributed by atoms with Gasteiger partial charge in [0.15, 0.2) is 0 Å². The Morgan fingerprint density at radius 1 is 1.75 bits per heavy atom. The van der Waals surface area contributed by atoms with E-state index in [2.05, 4.69) is 6.92 Å². The van der Waals surface area contributed by atoms with Gasteiger partial charge in [-0.05, 0) is 18.8 Å². The summed E-state index contributed by atoms with van der Waals surface area (Å²) in [4.78, 5) is 10.3. The molecule has 1 aliphatic rings. The van der Waals surface area contributed by atoms with Gasteiger partial charge < -0.3 is 4.79 Å². The third-order valence-electron chi connectivity index (χ3n) is 2.51. The van der Waals surface area contributed by atoms with E-state index in [0.29, 0.717) is 5.92 Å². The first-order chi connectivity index (χ1) is 3.69. The first kappa shape index (κ1) is 5.80.